The van der Waals surface area contributed by atoms with Gasteiger partial charge in [-0.05, 0) is 102 Å². The lowest BCUT2D eigenvalue weighted by molar-refractivity contribution is 0.776. The van der Waals surface area contributed by atoms with Gasteiger partial charge in [0.15, 0.2) is 0 Å². The van der Waals surface area contributed by atoms with E-state index in [4.69, 9.17) is 0 Å². The van der Waals surface area contributed by atoms with Crippen molar-refractivity contribution in [2.24, 2.45) is 0 Å². The van der Waals surface area contributed by atoms with Crippen LogP contribution in [0.3, 0.4) is 0 Å². The van der Waals surface area contributed by atoms with Gasteiger partial charge < -0.3 is 0 Å². The molecule has 1 heteroatoms. The normalized spacial score (nSPS) is 15.8. The van der Waals surface area contributed by atoms with Crippen molar-refractivity contribution >= 4 is 33.3 Å². The third-order valence-corrected chi connectivity index (χ3v) is 11.2. The van der Waals surface area contributed by atoms with Crippen molar-refractivity contribution in [1.29, 1.82) is 0 Å². The van der Waals surface area contributed by atoms with Crippen LogP contribution < -0.4 is 0 Å². The topological polar surface area (TPSA) is 0 Å². The Labute approximate surface area is 273 Å². The molecular formula is C45H28S. The molecule has 0 N–H and O–H groups in total. The van der Waals surface area contributed by atoms with Crippen LogP contribution in [0.15, 0.2) is 180 Å². The molecule has 0 saturated carbocycles. The van der Waals surface area contributed by atoms with Crippen LogP contribution in [-0.4, -0.2) is 0 Å². The Morgan fingerprint density at radius 2 is 1.11 bits per heavy atom. The lowest BCUT2D eigenvalue weighted by Crippen LogP contribution is -2.28. The maximum atomic E-state index is 2.46. The van der Waals surface area contributed by atoms with Gasteiger partial charge in [0.2, 0.25) is 0 Å². The van der Waals surface area contributed by atoms with Crippen molar-refractivity contribution in [2.75, 3.05) is 0 Å². The summed E-state index contributed by atoms with van der Waals surface area (Å²) in [6, 6.07) is 63.4. The van der Waals surface area contributed by atoms with Gasteiger partial charge in [0, 0.05) is 15.2 Å². The van der Waals surface area contributed by atoms with E-state index in [0.717, 1.165) is 0 Å². The van der Waals surface area contributed by atoms with Crippen LogP contribution in [0.1, 0.15) is 22.3 Å². The summed E-state index contributed by atoms with van der Waals surface area (Å²) in [5.41, 5.74) is 12.6. The van der Waals surface area contributed by atoms with Gasteiger partial charge in [0.25, 0.3) is 0 Å². The molecule has 0 bridgehead atoms. The highest BCUT2D eigenvalue weighted by molar-refractivity contribution is 7.99. The molecule has 46 heavy (non-hydrogen) atoms. The van der Waals surface area contributed by atoms with E-state index >= 15 is 0 Å². The first-order valence-corrected chi connectivity index (χ1v) is 16.7. The van der Waals surface area contributed by atoms with Crippen LogP contribution in [0.2, 0.25) is 0 Å². The van der Waals surface area contributed by atoms with Crippen molar-refractivity contribution < 1.29 is 0 Å². The van der Waals surface area contributed by atoms with Crippen LogP contribution in [0.25, 0.3) is 54.9 Å². The van der Waals surface area contributed by atoms with E-state index in [-0.39, 0.29) is 0 Å². The summed E-state index contributed by atoms with van der Waals surface area (Å²) in [6.45, 7) is 0. The van der Waals surface area contributed by atoms with Gasteiger partial charge in [-0.1, -0.05) is 151 Å². The number of hydrogen-bond acceptors (Lipinski definition) is 1. The molecule has 1 atom stereocenters. The molecule has 1 heterocycles. The first kappa shape index (κ1) is 25.9. The first-order chi connectivity index (χ1) is 22.8. The van der Waals surface area contributed by atoms with Gasteiger partial charge in [-0.25, -0.2) is 0 Å². The van der Waals surface area contributed by atoms with Gasteiger partial charge in [-0.15, -0.1) is 0 Å². The number of fused-ring (bicyclic) bond motifs is 7. The monoisotopic (exact) mass is 600 g/mol. The molecule has 8 aromatic carbocycles. The second kappa shape index (κ2) is 9.81. The molecular weight excluding hydrogens is 573 g/mol. The summed E-state index contributed by atoms with van der Waals surface area (Å²) in [5.74, 6) is 0. The van der Waals surface area contributed by atoms with Crippen molar-refractivity contribution in [3.05, 3.63) is 192 Å². The summed E-state index contributed by atoms with van der Waals surface area (Å²) in [7, 11) is 0. The zero-order valence-electron chi connectivity index (χ0n) is 25.1. The maximum Gasteiger partial charge on any atom is 0.0719 e. The minimum absolute atomic E-state index is 0.467. The van der Waals surface area contributed by atoms with Crippen LogP contribution in [-0.2, 0) is 5.41 Å². The first-order valence-electron chi connectivity index (χ1n) is 15.9. The fourth-order valence-electron chi connectivity index (χ4n) is 8.22. The minimum atomic E-state index is -0.467. The second-order valence-electron chi connectivity index (χ2n) is 12.4. The quantitative estimate of drug-likeness (QED) is 0.194. The predicted molar refractivity (Wildman–Crippen MR) is 194 cm³/mol. The largest absolute Gasteiger partial charge is 0.0888 e. The zero-order chi connectivity index (χ0) is 30.2. The molecule has 0 radical (unpaired) electrons. The highest BCUT2D eigenvalue weighted by atomic mass is 32.2. The lowest BCUT2D eigenvalue weighted by Gasteiger charge is -2.35. The molecule has 0 nitrogen and oxygen atoms in total. The van der Waals surface area contributed by atoms with E-state index in [9.17, 15) is 0 Å². The third kappa shape index (κ3) is 3.52. The molecule has 0 saturated heterocycles. The third-order valence-electron chi connectivity index (χ3n) is 10.1. The van der Waals surface area contributed by atoms with Gasteiger partial charge in [-0.2, -0.15) is 0 Å². The average Bonchev–Trinajstić information content (AvgIpc) is 3.44. The predicted octanol–water partition coefficient (Wildman–Crippen LogP) is 12.2. The Bertz CT molecular complexity index is 2510. The van der Waals surface area contributed by atoms with Crippen LogP contribution in [0, 0.1) is 0 Å². The molecule has 8 aromatic rings. The van der Waals surface area contributed by atoms with Crippen molar-refractivity contribution in [2.45, 2.75) is 15.2 Å². The molecule has 1 aliphatic carbocycles. The Hall–Kier alpha value is -5.37. The number of hydrogen-bond donors (Lipinski definition) is 0. The minimum Gasteiger partial charge on any atom is -0.0888 e. The molecule has 10 rings (SSSR count). The standard InChI is InChI=1S/C45H28S/c1-2-15-33(16-3-1)45(40-21-8-6-19-36(40)38-25-24-29-12-4-5-18-35(29)44(38)45)34-17-10-13-30(27-34)32-26-31-14-11-23-42-43(31)39(28-32)37-20-7-9-22-41(37)46-42/h1-28H. The molecule has 0 amide bonds. The van der Waals surface area contributed by atoms with Crippen LogP contribution >= 0.6 is 11.8 Å². The second-order valence-corrected chi connectivity index (χ2v) is 13.5. The molecule has 0 aromatic heterocycles. The SMILES string of the molecule is c1ccc(C2(c3cccc(-c4cc5c6c(cccc6c4)Sc4ccccc4-5)c3)c3ccccc3-c3ccc4ccccc4c32)cc1. The van der Waals surface area contributed by atoms with E-state index < -0.39 is 5.41 Å². The Balaban J connectivity index is 1.28. The van der Waals surface area contributed by atoms with Crippen LogP contribution in [0.4, 0.5) is 0 Å². The van der Waals surface area contributed by atoms with Crippen molar-refractivity contribution in [3.63, 3.8) is 0 Å². The van der Waals surface area contributed by atoms with Gasteiger partial charge in [-0.3, -0.25) is 0 Å². The zero-order valence-corrected chi connectivity index (χ0v) is 25.9. The van der Waals surface area contributed by atoms with Gasteiger partial charge >= 0.3 is 0 Å². The average molecular weight is 601 g/mol. The van der Waals surface area contributed by atoms with E-state index in [1.165, 1.54) is 87.0 Å². The number of rotatable bonds is 3. The van der Waals surface area contributed by atoms with E-state index in [1.807, 2.05) is 11.8 Å². The van der Waals surface area contributed by atoms with Crippen LogP contribution in [0.5, 0.6) is 0 Å². The van der Waals surface area contributed by atoms with Gasteiger partial charge in [0.05, 0.1) is 5.41 Å². The fourth-order valence-corrected chi connectivity index (χ4v) is 9.37. The maximum absolute atomic E-state index is 2.46. The number of benzene rings is 8. The molecule has 2 aliphatic rings. The summed E-state index contributed by atoms with van der Waals surface area (Å²) >= 11 is 1.88. The molecule has 214 valence electrons. The molecule has 1 unspecified atom stereocenters. The lowest BCUT2D eigenvalue weighted by atomic mass is 9.66. The Kier molecular flexibility index (Phi) is 5.53. The summed E-state index contributed by atoms with van der Waals surface area (Å²) in [4.78, 5) is 2.66. The highest BCUT2D eigenvalue weighted by Crippen LogP contribution is 2.58. The van der Waals surface area contributed by atoms with E-state index in [2.05, 4.69) is 170 Å². The molecule has 0 fully saturated rings. The summed E-state index contributed by atoms with van der Waals surface area (Å²) < 4.78 is 0. The molecule has 1 aliphatic heterocycles. The smallest absolute Gasteiger partial charge is 0.0719 e. The Morgan fingerprint density at radius 1 is 0.391 bits per heavy atom. The summed E-state index contributed by atoms with van der Waals surface area (Å²) in [6.07, 6.45) is 0. The van der Waals surface area contributed by atoms with Gasteiger partial charge in [0.1, 0.15) is 0 Å². The fraction of sp³-hybridized carbons (Fsp3) is 0.0222. The highest BCUT2D eigenvalue weighted by Gasteiger charge is 2.47. The van der Waals surface area contributed by atoms with E-state index in [1.54, 1.807) is 0 Å². The van der Waals surface area contributed by atoms with E-state index in [0.29, 0.717) is 0 Å². The van der Waals surface area contributed by atoms with Crippen molar-refractivity contribution in [1.82, 2.24) is 0 Å². The van der Waals surface area contributed by atoms with Crippen molar-refractivity contribution in [3.8, 4) is 33.4 Å². The Morgan fingerprint density at radius 3 is 2.04 bits per heavy atom. The summed E-state index contributed by atoms with van der Waals surface area (Å²) in [5, 5.41) is 5.23. The molecule has 0 spiro atoms.